The number of carbonyl (C=O) groups excluding carboxylic acids is 1. The standard InChI is InChI=1S/C27H30N2O4S/c1-16(2)27(31)20-8-6-19(7-9-20)25-15-26(30)23-14-22(11-12-24(23)28-25)34(32,33)29-21-10-5-17(3)18(4)13-21/h5-14,16,25-26,28-30H,15H2,1-4H3/t25-,26-/m0/s1. The summed E-state index contributed by atoms with van der Waals surface area (Å²) in [5.74, 6) is 0.0269. The first kappa shape index (κ1) is 24.0. The van der Waals surface area contributed by atoms with Crippen molar-refractivity contribution in [2.24, 2.45) is 5.92 Å². The molecular weight excluding hydrogens is 448 g/mol. The molecule has 0 saturated carbocycles. The van der Waals surface area contributed by atoms with E-state index < -0.39 is 16.1 Å². The molecular formula is C27H30N2O4S. The van der Waals surface area contributed by atoms with E-state index in [2.05, 4.69) is 10.0 Å². The Morgan fingerprint density at radius 1 is 1.00 bits per heavy atom. The maximum Gasteiger partial charge on any atom is 0.261 e. The second-order valence-corrected chi connectivity index (χ2v) is 10.9. The molecule has 0 saturated heterocycles. The molecule has 3 N–H and O–H groups in total. The van der Waals surface area contributed by atoms with E-state index in [1.54, 1.807) is 18.2 Å². The second kappa shape index (κ2) is 9.24. The molecule has 0 bridgehead atoms. The Labute approximate surface area is 201 Å². The molecule has 0 aromatic heterocycles. The highest BCUT2D eigenvalue weighted by atomic mass is 32.2. The van der Waals surface area contributed by atoms with Gasteiger partial charge in [0.2, 0.25) is 0 Å². The van der Waals surface area contributed by atoms with E-state index >= 15 is 0 Å². The van der Waals surface area contributed by atoms with E-state index in [0.29, 0.717) is 28.9 Å². The summed E-state index contributed by atoms with van der Waals surface area (Å²) in [6.07, 6.45) is -0.437. The number of carbonyl (C=O) groups is 1. The summed E-state index contributed by atoms with van der Waals surface area (Å²) in [7, 11) is -3.81. The monoisotopic (exact) mass is 478 g/mol. The van der Waals surface area contributed by atoms with Crippen LogP contribution in [0.5, 0.6) is 0 Å². The summed E-state index contributed by atoms with van der Waals surface area (Å²) in [6, 6.07) is 17.4. The Kier molecular flexibility index (Phi) is 6.51. The number of ketones is 1. The first-order chi connectivity index (χ1) is 16.0. The summed E-state index contributed by atoms with van der Waals surface area (Å²) in [4.78, 5) is 12.3. The molecule has 6 nitrogen and oxygen atoms in total. The van der Waals surface area contributed by atoms with E-state index in [1.165, 1.54) is 12.1 Å². The van der Waals surface area contributed by atoms with Gasteiger partial charge in [-0.2, -0.15) is 0 Å². The number of aryl methyl sites for hydroxylation is 2. The second-order valence-electron chi connectivity index (χ2n) is 9.24. The Balaban J connectivity index is 1.55. The molecule has 178 valence electrons. The summed E-state index contributed by atoms with van der Waals surface area (Å²) in [5.41, 5.74) is 5.44. The van der Waals surface area contributed by atoms with Crippen LogP contribution >= 0.6 is 0 Å². The van der Waals surface area contributed by atoms with Crippen LogP contribution < -0.4 is 10.0 Å². The normalized spacial score (nSPS) is 17.7. The van der Waals surface area contributed by atoms with Crippen molar-refractivity contribution < 1.29 is 18.3 Å². The molecule has 0 radical (unpaired) electrons. The average molecular weight is 479 g/mol. The molecule has 0 spiro atoms. The number of sulfonamides is 1. The molecule has 1 heterocycles. The highest BCUT2D eigenvalue weighted by Gasteiger charge is 2.28. The Hall–Kier alpha value is -3.16. The van der Waals surface area contributed by atoms with Crippen LogP contribution in [0.4, 0.5) is 11.4 Å². The van der Waals surface area contributed by atoms with Crippen LogP contribution in [0.2, 0.25) is 0 Å². The van der Waals surface area contributed by atoms with Crippen LogP contribution in [0.3, 0.4) is 0 Å². The minimum atomic E-state index is -3.81. The summed E-state index contributed by atoms with van der Waals surface area (Å²) >= 11 is 0. The van der Waals surface area contributed by atoms with E-state index in [1.807, 2.05) is 58.0 Å². The van der Waals surface area contributed by atoms with Gasteiger partial charge in [-0.1, -0.05) is 44.2 Å². The van der Waals surface area contributed by atoms with Crippen molar-refractivity contribution >= 4 is 27.2 Å². The lowest BCUT2D eigenvalue weighted by Crippen LogP contribution is -2.22. The molecule has 4 rings (SSSR count). The maximum absolute atomic E-state index is 13.0. The lowest BCUT2D eigenvalue weighted by atomic mass is 9.90. The molecule has 1 aliphatic rings. The SMILES string of the molecule is Cc1ccc(NS(=O)(=O)c2ccc3c(c2)[C@@H](O)C[C@@H](c2ccc(C(=O)C(C)C)cc2)N3)cc1C. The van der Waals surface area contributed by atoms with Gasteiger partial charge in [-0.25, -0.2) is 8.42 Å². The molecule has 0 unspecified atom stereocenters. The van der Waals surface area contributed by atoms with Crippen molar-refractivity contribution in [3.05, 3.63) is 88.5 Å². The zero-order chi connectivity index (χ0) is 24.6. The number of nitrogens with one attached hydrogen (secondary N) is 2. The molecule has 0 fully saturated rings. The van der Waals surface area contributed by atoms with Gasteiger partial charge in [0.15, 0.2) is 5.78 Å². The number of fused-ring (bicyclic) bond motifs is 1. The maximum atomic E-state index is 13.0. The van der Waals surface area contributed by atoms with Gasteiger partial charge in [-0.3, -0.25) is 9.52 Å². The van der Waals surface area contributed by atoms with Gasteiger partial charge < -0.3 is 10.4 Å². The molecule has 2 atom stereocenters. The van der Waals surface area contributed by atoms with Crippen LogP contribution in [0.1, 0.15) is 65.0 Å². The van der Waals surface area contributed by atoms with Crippen molar-refractivity contribution in [1.82, 2.24) is 0 Å². The topological polar surface area (TPSA) is 95.5 Å². The van der Waals surface area contributed by atoms with Crippen molar-refractivity contribution in [3.63, 3.8) is 0 Å². The van der Waals surface area contributed by atoms with Crippen molar-refractivity contribution in [2.45, 2.75) is 51.2 Å². The van der Waals surface area contributed by atoms with Gasteiger partial charge in [0.05, 0.1) is 17.0 Å². The summed E-state index contributed by atoms with van der Waals surface area (Å²) < 4.78 is 28.6. The largest absolute Gasteiger partial charge is 0.388 e. The zero-order valence-corrected chi connectivity index (χ0v) is 20.6. The molecule has 0 amide bonds. The highest BCUT2D eigenvalue weighted by Crippen LogP contribution is 2.40. The van der Waals surface area contributed by atoms with E-state index in [4.69, 9.17) is 0 Å². The third-order valence-electron chi connectivity index (χ3n) is 6.36. The van der Waals surface area contributed by atoms with Crippen LogP contribution in [-0.2, 0) is 10.0 Å². The van der Waals surface area contributed by atoms with Gasteiger partial charge in [0, 0.05) is 34.8 Å². The van der Waals surface area contributed by atoms with Crippen molar-refractivity contribution in [3.8, 4) is 0 Å². The fraction of sp³-hybridized carbons (Fsp3) is 0.296. The molecule has 7 heteroatoms. The first-order valence-corrected chi connectivity index (χ1v) is 12.9. The summed E-state index contributed by atoms with van der Waals surface area (Å²) in [6.45, 7) is 7.65. The average Bonchev–Trinajstić information content (AvgIpc) is 2.80. The van der Waals surface area contributed by atoms with Crippen molar-refractivity contribution in [1.29, 1.82) is 0 Å². The Morgan fingerprint density at radius 2 is 1.71 bits per heavy atom. The van der Waals surface area contributed by atoms with Crippen LogP contribution in [0.25, 0.3) is 0 Å². The number of benzene rings is 3. The fourth-order valence-corrected chi connectivity index (χ4v) is 5.25. The Bertz CT molecular complexity index is 1330. The fourth-order valence-electron chi connectivity index (χ4n) is 4.16. The quantitative estimate of drug-likeness (QED) is 0.405. The highest BCUT2D eigenvalue weighted by molar-refractivity contribution is 7.92. The van der Waals surface area contributed by atoms with Gasteiger partial charge >= 0.3 is 0 Å². The van der Waals surface area contributed by atoms with Gasteiger partial charge in [-0.05, 0) is 60.9 Å². The molecule has 3 aromatic rings. The predicted octanol–water partition coefficient (Wildman–Crippen LogP) is 5.53. The number of Topliss-reactive ketones (excluding diaryl/α,β-unsaturated/α-hetero) is 1. The first-order valence-electron chi connectivity index (χ1n) is 11.4. The van der Waals surface area contributed by atoms with Gasteiger partial charge in [0.1, 0.15) is 0 Å². The van der Waals surface area contributed by atoms with Crippen molar-refractivity contribution in [2.75, 3.05) is 10.0 Å². The van der Waals surface area contributed by atoms with Crippen LogP contribution in [0.15, 0.2) is 65.6 Å². The third kappa shape index (κ3) is 4.86. The van der Waals surface area contributed by atoms with E-state index in [-0.39, 0.29) is 22.6 Å². The lowest BCUT2D eigenvalue weighted by Gasteiger charge is -2.31. The Morgan fingerprint density at radius 3 is 2.35 bits per heavy atom. The van der Waals surface area contributed by atoms with Gasteiger partial charge in [0.25, 0.3) is 10.0 Å². The van der Waals surface area contributed by atoms with E-state index in [0.717, 1.165) is 16.7 Å². The number of aliphatic hydroxyl groups excluding tert-OH is 1. The number of hydrogen-bond acceptors (Lipinski definition) is 5. The van der Waals surface area contributed by atoms with Crippen LogP contribution in [-0.4, -0.2) is 19.3 Å². The number of hydrogen-bond donors (Lipinski definition) is 3. The minimum Gasteiger partial charge on any atom is -0.388 e. The molecule has 3 aromatic carbocycles. The van der Waals surface area contributed by atoms with E-state index in [9.17, 15) is 18.3 Å². The minimum absolute atomic E-state index is 0.0673. The molecule has 1 aliphatic heterocycles. The number of aliphatic hydroxyl groups is 1. The number of anilines is 2. The molecule has 0 aliphatic carbocycles. The predicted molar refractivity (Wildman–Crippen MR) is 135 cm³/mol. The molecule has 34 heavy (non-hydrogen) atoms. The van der Waals surface area contributed by atoms with Crippen LogP contribution in [0, 0.1) is 19.8 Å². The summed E-state index contributed by atoms with van der Waals surface area (Å²) in [5, 5.41) is 14.2. The third-order valence-corrected chi connectivity index (χ3v) is 7.74. The lowest BCUT2D eigenvalue weighted by molar-refractivity contribution is 0.0939. The smallest absolute Gasteiger partial charge is 0.261 e. The zero-order valence-electron chi connectivity index (χ0n) is 19.8. The van der Waals surface area contributed by atoms with Gasteiger partial charge in [-0.15, -0.1) is 0 Å². The number of rotatable bonds is 6.